The topological polar surface area (TPSA) is 75.8 Å². The van der Waals surface area contributed by atoms with E-state index < -0.39 is 6.03 Å². The summed E-state index contributed by atoms with van der Waals surface area (Å²) in [6.07, 6.45) is 0. The normalized spacial score (nSPS) is 10.5. The van der Waals surface area contributed by atoms with Crippen LogP contribution in [0.15, 0.2) is 60.7 Å². The van der Waals surface area contributed by atoms with Crippen LogP contribution < -0.4 is 15.4 Å². The molecule has 0 aliphatic rings. The number of carbonyl (C=O) groups excluding carboxylic acids is 1. The highest BCUT2D eigenvalue weighted by atomic mass is 16.5. The van der Waals surface area contributed by atoms with Crippen molar-refractivity contribution in [3.05, 3.63) is 60.7 Å². The van der Waals surface area contributed by atoms with Crippen molar-refractivity contribution in [2.24, 2.45) is 5.73 Å². The maximum atomic E-state index is 12.0. The molecule has 3 aromatic rings. The smallest absolute Gasteiger partial charge is 0.324 e. The number of primary amides is 1. The zero-order valence-corrected chi connectivity index (χ0v) is 12.6. The van der Waals surface area contributed by atoms with Crippen LogP contribution in [0, 0.1) is 0 Å². The Morgan fingerprint density at radius 1 is 1.00 bits per heavy atom. The first-order valence-electron chi connectivity index (χ1n) is 7.06. The number of hydrogen-bond donors (Lipinski definition) is 2. The van der Waals surface area contributed by atoms with Crippen molar-refractivity contribution in [3.8, 4) is 11.5 Å². The van der Waals surface area contributed by atoms with Crippen LogP contribution in [0.25, 0.3) is 10.8 Å². The summed E-state index contributed by atoms with van der Waals surface area (Å²) in [4.78, 5) is 13.3. The van der Waals surface area contributed by atoms with Crippen molar-refractivity contribution in [3.63, 3.8) is 0 Å². The Morgan fingerprint density at radius 2 is 1.61 bits per heavy atom. The van der Waals surface area contributed by atoms with Crippen molar-refractivity contribution >= 4 is 28.2 Å². The largest absolute Gasteiger partial charge is 0.506 e. The Hall–Kier alpha value is -3.21. The molecule has 3 N–H and O–H groups in total. The monoisotopic (exact) mass is 308 g/mol. The molecule has 0 heterocycles. The van der Waals surface area contributed by atoms with Crippen LogP contribution in [0.5, 0.6) is 11.5 Å². The number of urea groups is 1. The van der Waals surface area contributed by atoms with Crippen molar-refractivity contribution in [1.29, 1.82) is 0 Å². The van der Waals surface area contributed by atoms with Crippen molar-refractivity contribution in [1.82, 2.24) is 0 Å². The number of fused-ring (bicyclic) bond motifs is 1. The molecule has 0 aliphatic heterocycles. The quantitative estimate of drug-likeness (QED) is 0.773. The Labute approximate surface area is 133 Å². The predicted octanol–water partition coefficient (Wildman–Crippen LogP) is 3.77. The van der Waals surface area contributed by atoms with Gasteiger partial charge in [0.05, 0.1) is 18.5 Å². The molecule has 0 aliphatic carbocycles. The average Bonchev–Trinajstić information content (AvgIpc) is 2.55. The van der Waals surface area contributed by atoms with E-state index in [9.17, 15) is 9.90 Å². The van der Waals surface area contributed by atoms with Gasteiger partial charge in [0.15, 0.2) is 0 Å². The van der Waals surface area contributed by atoms with E-state index in [-0.39, 0.29) is 5.75 Å². The molecule has 0 saturated heterocycles. The fraction of sp³-hybridized carbons (Fsp3) is 0.0556. The SMILES string of the molecule is COc1ccccc1N(C(N)=O)c1cc2ccccc2cc1O. The van der Waals surface area contributed by atoms with Gasteiger partial charge in [-0.1, -0.05) is 36.4 Å². The Balaban J connectivity index is 2.23. The fourth-order valence-electron chi connectivity index (χ4n) is 2.58. The van der Waals surface area contributed by atoms with Gasteiger partial charge in [0.2, 0.25) is 0 Å². The summed E-state index contributed by atoms with van der Waals surface area (Å²) in [6.45, 7) is 0. The highest BCUT2D eigenvalue weighted by Gasteiger charge is 2.22. The molecule has 0 saturated carbocycles. The highest BCUT2D eigenvalue weighted by Crippen LogP contribution is 2.39. The summed E-state index contributed by atoms with van der Waals surface area (Å²) in [5, 5.41) is 12.1. The van der Waals surface area contributed by atoms with E-state index in [2.05, 4.69) is 0 Å². The molecule has 23 heavy (non-hydrogen) atoms. The molecule has 0 unspecified atom stereocenters. The van der Waals surface area contributed by atoms with Gasteiger partial charge in [-0.05, 0) is 35.0 Å². The molecule has 0 aromatic heterocycles. The number of para-hydroxylation sites is 2. The van der Waals surface area contributed by atoms with Crippen LogP contribution in [0.1, 0.15) is 0 Å². The van der Waals surface area contributed by atoms with E-state index in [1.807, 2.05) is 24.3 Å². The number of carbonyl (C=O) groups is 1. The van der Waals surface area contributed by atoms with Crippen LogP contribution >= 0.6 is 0 Å². The molecule has 3 aromatic carbocycles. The van der Waals surface area contributed by atoms with Crippen LogP contribution in [0.4, 0.5) is 16.2 Å². The minimum absolute atomic E-state index is 0.0339. The maximum absolute atomic E-state index is 12.0. The lowest BCUT2D eigenvalue weighted by molar-refractivity contribution is 0.255. The van der Waals surface area contributed by atoms with Crippen LogP contribution in [-0.4, -0.2) is 18.2 Å². The summed E-state index contributed by atoms with van der Waals surface area (Å²) >= 11 is 0. The van der Waals surface area contributed by atoms with E-state index in [4.69, 9.17) is 10.5 Å². The van der Waals surface area contributed by atoms with Crippen LogP contribution in [-0.2, 0) is 0 Å². The predicted molar refractivity (Wildman–Crippen MR) is 90.3 cm³/mol. The van der Waals surface area contributed by atoms with Gasteiger partial charge in [-0.25, -0.2) is 4.79 Å². The zero-order valence-electron chi connectivity index (χ0n) is 12.6. The minimum atomic E-state index is -0.708. The minimum Gasteiger partial charge on any atom is -0.506 e. The summed E-state index contributed by atoms with van der Waals surface area (Å²) in [5.41, 5.74) is 6.33. The molecule has 116 valence electrons. The molecule has 5 heteroatoms. The van der Waals surface area contributed by atoms with Gasteiger partial charge in [-0.2, -0.15) is 0 Å². The Morgan fingerprint density at radius 3 is 2.26 bits per heavy atom. The average molecular weight is 308 g/mol. The van der Waals surface area contributed by atoms with E-state index in [0.29, 0.717) is 17.1 Å². The Kier molecular flexibility index (Phi) is 3.76. The molecular formula is C18H16N2O3. The third-order valence-corrected chi connectivity index (χ3v) is 3.63. The first-order chi connectivity index (χ1) is 11.1. The fourth-order valence-corrected chi connectivity index (χ4v) is 2.58. The number of ether oxygens (including phenoxy) is 1. The van der Waals surface area contributed by atoms with Crippen molar-refractivity contribution < 1.29 is 14.6 Å². The van der Waals surface area contributed by atoms with Gasteiger partial charge >= 0.3 is 6.03 Å². The highest BCUT2D eigenvalue weighted by molar-refractivity contribution is 6.03. The third kappa shape index (κ3) is 2.64. The number of aromatic hydroxyl groups is 1. The number of nitrogens with two attached hydrogens (primary N) is 1. The van der Waals surface area contributed by atoms with E-state index in [1.165, 1.54) is 12.0 Å². The second-order valence-electron chi connectivity index (χ2n) is 5.03. The number of benzene rings is 3. The molecule has 5 nitrogen and oxygen atoms in total. The molecule has 3 rings (SSSR count). The second-order valence-corrected chi connectivity index (χ2v) is 5.03. The first-order valence-corrected chi connectivity index (χ1v) is 7.06. The number of hydrogen-bond acceptors (Lipinski definition) is 3. The summed E-state index contributed by atoms with van der Waals surface area (Å²) < 4.78 is 5.29. The van der Waals surface area contributed by atoms with Gasteiger partial charge in [-0.3, -0.25) is 4.90 Å². The molecule has 0 atom stereocenters. The summed E-state index contributed by atoms with van der Waals surface area (Å²) in [7, 11) is 1.51. The molecular weight excluding hydrogens is 292 g/mol. The van der Waals surface area contributed by atoms with Gasteiger partial charge in [0.25, 0.3) is 0 Å². The number of methoxy groups -OCH3 is 1. The van der Waals surface area contributed by atoms with Crippen molar-refractivity contribution in [2.75, 3.05) is 12.0 Å². The Bertz CT molecular complexity index is 877. The van der Waals surface area contributed by atoms with E-state index >= 15 is 0 Å². The van der Waals surface area contributed by atoms with Gasteiger partial charge < -0.3 is 15.6 Å². The number of phenolic OH excluding ortho intramolecular Hbond substituents is 1. The molecule has 0 fully saturated rings. The zero-order chi connectivity index (χ0) is 16.4. The number of anilines is 2. The van der Waals surface area contributed by atoms with Gasteiger partial charge in [-0.15, -0.1) is 0 Å². The van der Waals surface area contributed by atoms with E-state index in [1.54, 1.807) is 36.4 Å². The maximum Gasteiger partial charge on any atom is 0.324 e. The second kappa shape index (κ2) is 5.88. The molecule has 0 spiro atoms. The molecule has 2 amide bonds. The number of phenols is 1. The standard InChI is InChI=1S/C18H16N2O3/c1-23-17-9-5-4-8-14(17)20(18(19)22)15-10-12-6-2-3-7-13(12)11-16(15)21/h2-11,21H,1H3,(H2,19,22). The van der Waals surface area contributed by atoms with Crippen LogP contribution in [0.2, 0.25) is 0 Å². The van der Waals surface area contributed by atoms with E-state index in [0.717, 1.165) is 10.8 Å². The lowest BCUT2D eigenvalue weighted by Crippen LogP contribution is -2.31. The lowest BCUT2D eigenvalue weighted by Gasteiger charge is -2.23. The van der Waals surface area contributed by atoms with Crippen molar-refractivity contribution in [2.45, 2.75) is 0 Å². The van der Waals surface area contributed by atoms with Crippen LogP contribution in [0.3, 0.4) is 0 Å². The summed E-state index contributed by atoms with van der Waals surface area (Å²) in [5.74, 6) is 0.451. The number of rotatable bonds is 3. The molecule has 0 radical (unpaired) electrons. The van der Waals surface area contributed by atoms with Gasteiger partial charge in [0.1, 0.15) is 11.5 Å². The number of nitrogens with zero attached hydrogens (tertiary/aromatic N) is 1. The summed E-state index contributed by atoms with van der Waals surface area (Å²) in [6, 6.07) is 17.2. The molecule has 0 bridgehead atoms. The van der Waals surface area contributed by atoms with Gasteiger partial charge in [0, 0.05) is 0 Å². The third-order valence-electron chi connectivity index (χ3n) is 3.63. The lowest BCUT2D eigenvalue weighted by atomic mass is 10.1. The number of amides is 2. The first kappa shape index (κ1) is 14.7.